The Labute approximate surface area is 83.9 Å². The molecule has 0 amide bonds. The monoisotopic (exact) mass is 190 g/mol. The van der Waals surface area contributed by atoms with E-state index in [1.165, 1.54) is 6.08 Å². The van der Waals surface area contributed by atoms with Crippen molar-refractivity contribution in [3.63, 3.8) is 0 Å². The summed E-state index contributed by atoms with van der Waals surface area (Å²) in [6, 6.07) is 7.46. The highest BCUT2D eigenvalue weighted by Crippen LogP contribution is 2.27. The predicted molar refractivity (Wildman–Crippen MR) is 56.4 cm³/mol. The van der Waals surface area contributed by atoms with E-state index in [2.05, 4.69) is 6.58 Å². The zero-order valence-corrected chi connectivity index (χ0v) is 8.45. The summed E-state index contributed by atoms with van der Waals surface area (Å²) in [4.78, 5) is 11.1. The molecular weight excluding hydrogens is 176 g/mol. The lowest BCUT2D eigenvalue weighted by atomic mass is 9.80. The lowest BCUT2D eigenvalue weighted by Gasteiger charge is -2.22. The SMILES string of the molecule is C=C[C@](C)(C(=O)O)c1ccccc1C. The molecule has 0 fully saturated rings. The Morgan fingerprint density at radius 1 is 1.50 bits per heavy atom. The van der Waals surface area contributed by atoms with Crippen LogP contribution < -0.4 is 0 Å². The number of aliphatic carboxylic acids is 1. The maximum Gasteiger partial charge on any atom is 0.317 e. The van der Waals surface area contributed by atoms with Crippen LogP contribution in [0.25, 0.3) is 0 Å². The molecule has 0 aliphatic heterocycles. The molecule has 0 radical (unpaired) electrons. The fourth-order valence-electron chi connectivity index (χ4n) is 1.47. The number of carboxylic acid groups (broad SMARTS) is 1. The second-order valence-corrected chi connectivity index (χ2v) is 3.53. The van der Waals surface area contributed by atoms with Gasteiger partial charge in [0.2, 0.25) is 0 Å². The van der Waals surface area contributed by atoms with Gasteiger partial charge in [0.1, 0.15) is 5.41 Å². The fourth-order valence-corrected chi connectivity index (χ4v) is 1.47. The number of hydrogen-bond acceptors (Lipinski definition) is 1. The maximum absolute atomic E-state index is 11.1. The van der Waals surface area contributed by atoms with Crippen LogP contribution in [0.5, 0.6) is 0 Å². The molecule has 0 unspecified atom stereocenters. The molecule has 0 heterocycles. The van der Waals surface area contributed by atoms with Crippen molar-refractivity contribution < 1.29 is 9.90 Å². The van der Waals surface area contributed by atoms with E-state index < -0.39 is 11.4 Å². The molecule has 2 nitrogen and oxygen atoms in total. The zero-order valence-electron chi connectivity index (χ0n) is 8.45. The van der Waals surface area contributed by atoms with Gasteiger partial charge in [-0.15, -0.1) is 6.58 Å². The summed E-state index contributed by atoms with van der Waals surface area (Å²) in [7, 11) is 0. The summed E-state index contributed by atoms with van der Waals surface area (Å²) in [5, 5.41) is 9.14. The van der Waals surface area contributed by atoms with E-state index in [-0.39, 0.29) is 0 Å². The third-order valence-electron chi connectivity index (χ3n) is 2.56. The van der Waals surface area contributed by atoms with E-state index in [4.69, 9.17) is 5.11 Å². The first-order valence-corrected chi connectivity index (χ1v) is 4.45. The van der Waals surface area contributed by atoms with Crippen molar-refractivity contribution in [2.45, 2.75) is 19.3 Å². The van der Waals surface area contributed by atoms with Crippen LogP contribution in [0, 0.1) is 6.92 Å². The summed E-state index contributed by atoms with van der Waals surface area (Å²) >= 11 is 0. The van der Waals surface area contributed by atoms with Gasteiger partial charge in [0, 0.05) is 0 Å². The molecule has 0 aromatic heterocycles. The zero-order chi connectivity index (χ0) is 10.8. The molecule has 0 spiro atoms. The molecule has 74 valence electrons. The first-order chi connectivity index (χ1) is 6.52. The van der Waals surface area contributed by atoms with E-state index in [0.717, 1.165) is 11.1 Å². The number of aryl methyl sites for hydroxylation is 1. The smallest absolute Gasteiger partial charge is 0.317 e. The van der Waals surface area contributed by atoms with Crippen molar-refractivity contribution in [3.05, 3.63) is 48.0 Å². The van der Waals surface area contributed by atoms with Gasteiger partial charge in [-0.2, -0.15) is 0 Å². The van der Waals surface area contributed by atoms with Gasteiger partial charge in [0.15, 0.2) is 0 Å². The molecule has 1 aromatic rings. The quantitative estimate of drug-likeness (QED) is 0.743. The lowest BCUT2D eigenvalue weighted by molar-refractivity contribution is -0.141. The van der Waals surface area contributed by atoms with Crippen molar-refractivity contribution in [1.29, 1.82) is 0 Å². The first kappa shape index (κ1) is 10.5. The molecule has 0 saturated carbocycles. The summed E-state index contributed by atoms with van der Waals surface area (Å²) < 4.78 is 0. The lowest BCUT2D eigenvalue weighted by Crippen LogP contribution is -2.30. The molecule has 1 aromatic carbocycles. The van der Waals surface area contributed by atoms with Gasteiger partial charge in [-0.25, -0.2) is 0 Å². The molecule has 0 aliphatic rings. The van der Waals surface area contributed by atoms with Crippen LogP contribution in [0.15, 0.2) is 36.9 Å². The highest BCUT2D eigenvalue weighted by Gasteiger charge is 2.32. The molecule has 1 atom stereocenters. The molecule has 2 heteroatoms. The minimum absolute atomic E-state index is 0.794. The van der Waals surface area contributed by atoms with E-state index in [1.54, 1.807) is 6.92 Å². The predicted octanol–water partition coefficient (Wildman–Crippen LogP) is 2.52. The van der Waals surface area contributed by atoms with Crippen molar-refractivity contribution in [2.24, 2.45) is 0 Å². The fraction of sp³-hybridized carbons (Fsp3) is 0.250. The molecule has 0 saturated heterocycles. The van der Waals surface area contributed by atoms with E-state index in [9.17, 15) is 4.79 Å². The van der Waals surface area contributed by atoms with E-state index in [0.29, 0.717) is 0 Å². The van der Waals surface area contributed by atoms with E-state index in [1.807, 2.05) is 31.2 Å². The second kappa shape index (κ2) is 3.66. The van der Waals surface area contributed by atoms with Crippen LogP contribution in [0.2, 0.25) is 0 Å². The van der Waals surface area contributed by atoms with Crippen molar-refractivity contribution in [2.75, 3.05) is 0 Å². The van der Waals surface area contributed by atoms with Crippen LogP contribution >= 0.6 is 0 Å². The summed E-state index contributed by atoms with van der Waals surface area (Å²) in [6.45, 7) is 7.15. The Bertz CT molecular complexity index is 368. The largest absolute Gasteiger partial charge is 0.480 e. The Hall–Kier alpha value is -1.57. The number of benzene rings is 1. The average molecular weight is 190 g/mol. The Morgan fingerprint density at radius 3 is 2.50 bits per heavy atom. The van der Waals surface area contributed by atoms with Gasteiger partial charge in [-0.3, -0.25) is 4.79 Å². The van der Waals surface area contributed by atoms with Gasteiger partial charge in [-0.1, -0.05) is 30.3 Å². The highest BCUT2D eigenvalue weighted by molar-refractivity contribution is 5.83. The van der Waals surface area contributed by atoms with Gasteiger partial charge in [0.25, 0.3) is 0 Å². The standard InChI is InChI=1S/C12H14O2/c1-4-12(3,11(13)14)10-8-6-5-7-9(10)2/h4-8H,1H2,2-3H3,(H,13,14)/t12-/m0/s1. The molecule has 1 rings (SSSR count). The van der Waals surface area contributed by atoms with Gasteiger partial charge >= 0.3 is 5.97 Å². The Kier molecular flexibility index (Phi) is 2.75. The maximum atomic E-state index is 11.1. The van der Waals surface area contributed by atoms with Crippen LogP contribution in [0.3, 0.4) is 0 Å². The number of carboxylic acids is 1. The number of carbonyl (C=O) groups is 1. The second-order valence-electron chi connectivity index (χ2n) is 3.53. The van der Waals surface area contributed by atoms with Gasteiger partial charge < -0.3 is 5.11 Å². The molecular formula is C12H14O2. The van der Waals surface area contributed by atoms with E-state index >= 15 is 0 Å². The topological polar surface area (TPSA) is 37.3 Å². The molecule has 14 heavy (non-hydrogen) atoms. The summed E-state index contributed by atoms with van der Waals surface area (Å²) in [5.41, 5.74) is 0.769. The van der Waals surface area contributed by atoms with Crippen LogP contribution in [-0.2, 0) is 10.2 Å². The van der Waals surface area contributed by atoms with Crippen LogP contribution in [0.4, 0.5) is 0 Å². The Morgan fingerprint density at radius 2 is 2.07 bits per heavy atom. The molecule has 0 bridgehead atoms. The highest BCUT2D eigenvalue weighted by atomic mass is 16.4. The molecule has 1 N–H and O–H groups in total. The van der Waals surface area contributed by atoms with Crippen LogP contribution in [-0.4, -0.2) is 11.1 Å². The first-order valence-electron chi connectivity index (χ1n) is 4.45. The van der Waals surface area contributed by atoms with Crippen LogP contribution in [0.1, 0.15) is 18.1 Å². The summed E-state index contributed by atoms with van der Waals surface area (Å²) in [5.74, 6) is -0.873. The Balaban J connectivity index is 3.33. The third-order valence-corrected chi connectivity index (χ3v) is 2.56. The summed E-state index contributed by atoms with van der Waals surface area (Å²) in [6.07, 6.45) is 1.47. The van der Waals surface area contributed by atoms with Crippen molar-refractivity contribution in [3.8, 4) is 0 Å². The van der Waals surface area contributed by atoms with Crippen molar-refractivity contribution >= 4 is 5.97 Å². The minimum Gasteiger partial charge on any atom is -0.480 e. The number of rotatable bonds is 3. The number of hydrogen-bond donors (Lipinski definition) is 1. The minimum atomic E-state index is -0.995. The normalized spacial score (nSPS) is 14.4. The van der Waals surface area contributed by atoms with Gasteiger partial charge in [-0.05, 0) is 25.0 Å². The van der Waals surface area contributed by atoms with Gasteiger partial charge in [0.05, 0.1) is 0 Å². The average Bonchev–Trinajstić information content (AvgIpc) is 2.17. The third kappa shape index (κ3) is 1.55. The molecule has 0 aliphatic carbocycles. The van der Waals surface area contributed by atoms with Crippen molar-refractivity contribution in [1.82, 2.24) is 0 Å².